The van der Waals surface area contributed by atoms with Gasteiger partial charge in [-0.15, -0.1) is 0 Å². The van der Waals surface area contributed by atoms with Crippen molar-refractivity contribution in [1.29, 1.82) is 0 Å². The van der Waals surface area contributed by atoms with Gasteiger partial charge in [-0.05, 0) is 63.2 Å². The lowest BCUT2D eigenvalue weighted by Crippen LogP contribution is -2.51. The first kappa shape index (κ1) is 20.5. The highest BCUT2D eigenvalue weighted by molar-refractivity contribution is 7.99. The Morgan fingerprint density at radius 1 is 1.20 bits per heavy atom. The highest BCUT2D eigenvalue weighted by Gasteiger charge is 2.38. The number of piperidine rings is 1. The lowest BCUT2D eigenvalue weighted by atomic mass is 9.69. The predicted octanol–water partition coefficient (Wildman–Crippen LogP) is 1.99. The molecule has 0 aromatic rings. The highest BCUT2D eigenvalue weighted by Crippen LogP contribution is 2.39. The quantitative estimate of drug-likeness (QED) is 0.600. The Morgan fingerprint density at radius 2 is 1.92 bits per heavy atom. The molecule has 144 valence electrons. The lowest BCUT2D eigenvalue weighted by Gasteiger charge is -2.43. The van der Waals surface area contributed by atoms with Gasteiger partial charge < -0.3 is 15.5 Å². The zero-order valence-electron chi connectivity index (χ0n) is 15.5. The minimum atomic E-state index is -0.769. The van der Waals surface area contributed by atoms with E-state index in [1.165, 1.54) is 0 Å². The van der Waals surface area contributed by atoms with E-state index >= 15 is 0 Å². The van der Waals surface area contributed by atoms with Crippen LogP contribution in [0, 0.1) is 17.8 Å². The smallest absolute Gasteiger partial charge is 0.320 e. The molecule has 2 rings (SSSR count). The van der Waals surface area contributed by atoms with Crippen LogP contribution in [0.1, 0.15) is 39.5 Å². The van der Waals surface area contributed by atoms with E-state index in [0.29, 0.717) is 29.4 Å². The second-order valence-electron chi connectivity index (χ2n) is 7.75. The first-order valence-electron chi connectivity index (χ1n) is 9.27. The molecular weight excluding hydrogens is 340 g/mol. The topological polar surface area (TPSA) is 89.9 Å². The zero-order valence-corrected chi connectivity index (χ0v) is 16.3. The molecule has 0 amide bonds. The van der Waals surface area contributed by atoms with E-state index in [2.05, 4.69) is 23.4 Å². The van der Waals surface area contributed by atoms with E-state index in [0.717, 1.165) is 38.9 Å². The van der Waals surface area contributed by atoms with Crippen molar-refractivity contribution in [3.05, 3.63) is 0 Å². The molecule has 2 aliphatic rings. The number of carboxylic acids is 2. The number of carboxylic acid groups (broad SMARTS) is 2. The van der Waals surface area contributed by atoms with Crippen molar-refractivity contribution in [2.45, 2.75) is 56.9 Å². The molecule has 25 heavy (non-hydrogen) atoms. The number of thioether (sulfide) groups is 1. The van der Waals surface area contributed by atoms with Gasteiger partial charge in [0.1, 0.15) is 12.1 Å². The van der Waals surface area contributed by atoms with Gasteiger partial charge in [-0.2, -0.15) is 11.8 Å². The molecule has 7 heteroatoms. The number of fused-ring (bicyclic) bond motifs is 1. The molecule has 1 heterocycles. The molecule has 1 saturated carbocycles. The minimum Gasteiger partial charge on any atom is -0.480 e. The van der Waals surface area contributed by atoms with E-state index in [1.54, 1.807) is 18.7 Å². The van der Waals surface area contributed by atoms with Crippen molar-refractivity contribution in [3.63, 3.8) is 0 Å². The van der Waals surface area contributed by atoms with Crippen molar-refractivity contribution in [1.82, 2.24) is 10.2 Å². The number of carbonyl (C=O) groups is 2. The zero-order chi connectivity index (χ0) is 18.6. The van der Waals surface area contributed by atoms with Crippen LogP contribution in [0.4, 0.5) is 0 Å². The van der Waals surface area contributed by atoms with Gasteiger partial charge in [0, 0.05) is 18.3 Å². The fourth-order valence-corrected chi connectivity index (χ4v) is 4.64. The van der Waals surface area contributed by atoms with Gasteiger partial charge in [-0.25, -0.2) is 0 Å². The summed E-state index contributed by atoms with van der Waals surface area (Å²) < 4.78 is 0. The summed E-state index contributed by atoms with van der Waals surface area (Å²) in [5.74, 6) is -0.0432. The normalized spacial score (nSPS) is 32.0. The molecule has 0 aromatic heterocycles. The van der Waals surface area contributed by atoms with E-state index in [9.17, 15) is 19.8 Å². The number of rotatable bonds is 8. The summed E-state index contributed by atoms with van der Waals surface area (Å²) in [5.41, 5.74) is 0. The van der Waals surface area contributed by atoms with Crippen molar-refractivity contribution in [3.8, 4) is 0 Å². The van der Waals surface area contributed by atoms with Crippen LogP contribution >= 0.6 is 11.8 Å². The molecule has 5 unspecified atom stereocenters. The van der Waals surface area contributed by atoms with E-state index in [1.807, 2.05) is 0 Å². The van der Waals surface area contributed by atoms with Gasteiger partial charge >= 0.3 is 11.9 Å². The third kappa shape index (κ3) is 5.59. The van der Waals surface area contributed by atoms with Crippen LogP contribution in [0.3, 0.4) is 0 Å². The third-order valence-electron chi connectivity index (χ3n) is 6.00. The van der Waals surface area contributed by atoms with E-state index < -0.39 is 24.0 Å². The maximum atomic E-state index is 11.5. The third-order valence-corrected chi connectivity index (χ3v) is 6.96. The first-order chi connectivity index (χ1) is 11.8. The minimum absolute atomic E-state index is 0.397. The first-order valence-corrected chi connectivity index (χ1v) is 10.6. The molecule has 2 fully saturated rings. The van der Waals surface area contributed by atoms with Crippen LogP contribution in [0.5, 0.6) is 0 Å². The Bertz CT molecular complexity index is 476. The molecule has 6 nitrogen and oxygen atoms in total. The standard InChI is InChI=1S/C18H32N2O4S/c1-11(25-3)9-20(12(2)17(21)22)10-13-4-5-14-8-19-16(18(23)24)7-15(14)6-13/h11-16,19H,4-10H2,1-3H3,(H,21,22)(H,23,24)/t11?,12?,13?,14?,15?,16-/m0/s1. The van der Waals surface area contributed by atoms with Crippen molar-refractivity contribution in [2.24, 2.45) is 17.8 Å². The summed E-state index contributed by atoms with van der Waals surface area (Å²) in [6.07, 6.45) is 6.00. The maximum Gasteiger partial charge on any atom is 0.320 e. The average molecular weight is 373 g/mol. The number of aliphatic carboxylic acids is 2. The SMILES string of the molecule is CSC(C)CN(CC1CCC2CN[C@H](C(=O)O)CC2C1)C(C)C(=O)O. The summed E-state index contributed by atoms with van der Waals surface area (Å²) in [7, 11) is 0. The summed E-state index contributed by atoms with van der Waals surface area (Å²) in [6.45, 7) is 6.28. The lowest BCUT2D eigenvalue weighted by molar-refractivity contribution is -0.143. The van der Waals surface area contributed by atoms with Crippen LogP contribution in [0.2, 0.25) is 0 Å². The molecule has 6 atom stereocenters. The molecule has 1 aliphatic heterocycles. The molecule has 1 aliphatic carbocycles. The Morgan fingerprint density at radius 3 is 2.52 bits per heavy atom. The van der Waals surface area contributed by atoms with Crippen LogP contribution < -0.4 is 5.32 Å². The molecular formula is C18H32N2O4S. The van der Waals surface area contributed by atoms with Crippen LogP contribution in [-0.2, 0) is 9.59 Å². The fourth-order valence-electron chi connectivity index (χ4n) is 4.30. The van der Waals surface area contributed by atoms with E-state index in [-0.39, 0.29) is 0 Å². The van der Waals surface area contributed by atoms with Crippen LogP contribution in [-0.4, -0.2) is 70.3 Å². The van der Waals surface area contributed by atoms with Crippen molar-refractivity contribution < 1.29 is 19.8 Å². The monoisotopic (exact) mass is 372 g/mol. The molecule has 0 bridgehead atoms. The van der Waals surface area contributed by atoms with Gasteiger partial charge in [0.2, 0.25) is 0 Å². The molecule has 1 saturated heterocycles. The summed E-state index contributed by atoms with van der Waals surface area (Å²) in [4.78, 5) is 24.8. The molecule has 0 aromatic carbocycles. The summed E-state index contributed by atoms with van der Waals surface area (Å²) in [5, 5.41) is 22.2. The number of hydrogen-bond acceptors (Lipinski definition) is 5. The van der Waals surface area contributed by atoms with Gasteiger partial charge in [0.05, 0.1) is 0 Å². The van der Waals surface area contributed by atoms with Gasteiger partial charge in [0.25, 0.3) is 0 Å². The summed E-state index contributed by atoms with van der Waals surface area (Å²) in [6, 6.07) is -0.905. The van der Waals surface area contributed by atoms with Gasteiger partial charge in [-0.3, -0.25) is 14.5 Å². The molecule has 0 spiro atoms. The second-order valence-corrected chi connectivity index (χ2v) is 9.02. The Balaban J connectivity index is 1.97. The van der Waals surface area contributed by atoms with Crippen LogP contribution in [0.15, 0.2) is 0 Å². The average Bonchev–Trinajstić information content (AvgIpc) is 2.59. The predicted molar refractivity (Wildman–Crippen MR) is 100 cm³/mol. The van der Waals surface area contributed by atoms with Crippen LogP contribution in [0.25, 0.3) is 0 Å². The number of nitrogens with one attached hydrogen (secondary N) is 1. The Hall–Kier alpha value is -0.790. The second kappa shape index (κ2) is 9.24. The molecule has 3 N–H and O–H groups in total. The Labute approximate surface area is 154 Å². The van der Waals surface area contributed by atoms with Gasteiger partial charge in [-0.1, -0.05) is 6.92 Å². The summed E-state index contributed by atoms with van der Waals surface area (Å²) >= 11 is 1.76. The fraction of sp³-hybridized carbons (Fsp3) is 0.889. The van der Waals surface area contributed by atoms with Gasteiger partial charge in [0.15, 0.2) is 0 Å². The number of nitrogens with zero attached hydrogens (tertiary/aromatic N) is 1. The molecule has 0 radical (unpaired) electrons. The van der Waals surface area contributed by atoms with Crippen molar-refractivity contribution in [2.75, 3.05) is 25.9 Å². The van der Waals surface area contributed by atoms with Crippen molar-refractivity contribution >= 4 is 23.7 Å². The number of hydrogen-bond donors (Lipinski definition) is 3. The van der Waals surface area contributed by atoms with E-state index in [4.69, 9.17) is 0 Å². The largest absolute Gasteiger partial charge is 0.480 e. The highest BCUT2D eigenvalue weighted by atomic mass is 32.2. The Kier molecular flexibility index (Phi) is 7.58. The maximum absolute atomic E-state index is 11.5.